The second-order valence-electron chi connectivity index (χ2n) is 19.0. The minimum Gasteiger partial charge on any atom is -0.324 e. The van der Waals surface area contributed by atoms with Gasteiger partial charge in [-0.15, -0.1) is 0 Å². The van der Waals surface area contributed by atoms with Gasteiger partial charge >= 0.3 is 22.8 Å². The van der Waals surface area contributed by atoms with E-state index in [0.29, 0.717) is 29.8 Å². The Balaban J connectivity index is 0.000000184. The molecule has 0 spiro atoms. The van der Waals surface area contributed by atoms with Gasteiger partial charge in [-0.2, -0.15) is 0 Å². The summed E-state index contributed by atoms with van der Waals surface area (Å²) in [6.45, 7) is 1.26. The van der Waals surface area contributed by atoms with E-state index in [4.69, 9.17) is 29.5 Å². The lowest BCUT2D eigenvalue weighted by Crippen LogP contribution is -2.33. The first-order valence-corrected chi connectivity index (χ1v) is 31.6. The summed E-state index contributed by atoms with van der Waals surface area (Å²) in [5, 5.41) is 0.753. The highest BCUT2D eigenvalue weighted by Crippen LogP contribution is 2.40. The Kier molecular flexibility index (Phi) is 18.8. The van der Waals surface area contributed by atoms with Crippen molar-refractivity contribution in [3.63, 3.8) is 0 Å². The zero-order chi connectivity index (χ0) is 57.0. The number of fused-ring (bicyclic) bond motifs is 2. The average molecular weight is 1200 g/mol. The van der Waals surface area contributed by atoms with E-state index in [1.165, 1.54) is 0 Å². The molecule has 0 radical (unpaired) electrons. The summed E-state index contributed by atoms with van der Waals surface area (Å²) in [4.78, 5) is 80.9. The van der Waals surface area contributed by atoms with Gasteiger partial charge in [-0.05, 0) is 93.0 Å². The van der Waals surface area contributed by atoms with E-state index in [-0.39, 0.29) is 18.5 Å². The lowest BCUT2D eigenvalue weighted by atomic mass is 10.1. The first kappa shape index (κ1) is 58.0. The van der Waals surface area contributed by atoms with Gasteiger partial charge in [0.05, 0.1) is 64.3 Å². The van der Waals surface area contributed by atoms with Crippen LogP contribution in [-0.4, -0.2) is 59.3 Å². The lowest BCUT2D eigenvalue weighted by Gasteiger charge is -2.06. The molecule has 6 heterocycles. The van der Waals surface area contributed by atoms with Crippen molar-refractivity contribution in [1.82, 2.24) is 29.9 Å². The second-order valence-corrected chi connectivity index (χ2v) is 24.5. The minimum atomic E-state index is -4.09. The van der Waals surface area contributed by atoms with Crippen molar-refractivity contribution >= 4 is 60.8 Å². The molecule has 6 N–H and O–H groups in total. The third-order valence-corrected chi connectivity index (χ3v) is 15.6. The molecule has 21 heteroatoms. The predicted molar refractivity (Wildman–Crippen MR) is 314 cm³/mol. The summed E-state index contributed by atoms with van der Waals surface area (Å²) in [7, 11) is -12.1. The van der Waals surface area contributed by atoms with Gasteiger partial charge in [0.25, 0.3) is 0 Å². The number of rotatable bonds is 15. The van der Waals surface area contributed by atoms with Gasteiger partial charge in [0.2, 0.25) is 0 Å². The molecule has 0 fully saturated rings. The van der Waals surface area contributed by atoms with Crippen LogP contribution in [0.2, 0.25) is 0 Å². The second kappa shape index (κ2) is 26.3. The number of benzene rings is 5. The highest BCUT2D eigenvalue weighted by Gasteiger charge is 2.17. The summed E-state index contributed by atoms with van der Waals surface area (Å²) in [5.41, 5.74) is 16.3. The Hall–Kier alpha value is -7.69. The maximum absolute atomic E-state index is 11.2. The smallest absolute Gasteiger partial charge is 0.324 e. The fourth-order valence-corrected chi connectivity index (χ4v) is 11.0. The molecule has 0 atom stereocenters. The van der Waals surface area contributed by atoms with Crippen molar-refractivity contribution in [3.05, 3.63) is 253 Å². The fourth-order valence-electron chi connectivity index (χ4n) is 8.58. The van der Waals surface area contributed by atoms with E-state index < -0.39 is 22.8 Å². The van der Waals surface area contributed by atoms with Gasteiger partial charge < -0.3 is 29.4 Å². The van der Waals surface area contributed by atoms with Crippen molar-refractivity contribution in [1.29, 1.82) is 0 Å². The lowest BCUT2D eigenvalue weighted by molar-refractivity contribution is -0.688. The molecule has 11 aromatic rings. The van der Waals surface area contributed by atoms with Crippen LogP contribution in [0.4, 0.5) is 0 Å². The molecular formula is C60H54BrN8O9P3+2. The molecule has 0 saturated carbocycles. The van der Waals surface area contributed by atoms with Crippen LogP contribution in [0.3, 0.4) is 0 Å². The first-order valence-electron chi connectivity index (χ1n) is 25.1. The van der Waals surface area contributed by atoms with Crippen LogP contribution in [0.15, 0.2) is 220 Å². The number of aromatic nitrogens is 8. The molecule has 17 nitrogen and oxygen atoms in total. The molecule has 0 aliphatic carbocycles. The number of alkyl halides is 1. The summed E-state index contributed by atoms with van der Waals surface area (Å²) in [6, 6.07) is 49.7. The van der Waals surface area contributed by atoms with Crippen LogP contribution in [0.25, 0.3) is 66.8 Å². The van der Waals surface area contributed by atoms with Crippen molar-refractivity contribution in [3.8, 4) is 44.8 Å². The van der Waals surface area contributed by atoms with Gasteiger partial charge in [0, 0.05) is 76.6 Å². The van der Waals surface area contributed by atoms with E-state index in [1.807, 2.05) is 149 Å². The first-order chi connectivity index (χ1) is 38.9. The Labute approximate surface area is 475 Å². The van der Waals surface area contributed by atoms with Gasteiger partial charge in [-0.3, -0.25) is 33.6 Å². The Bertz CT molecular complexity index is 3820. The molecular weight excluding hydrogens is 1150 g/mol. The number of pyridine rings is 4. The molecule has 0 saturated heterocycles. The van der Waals surface area contributed by atoms with Crippen LogP contribution in [-0.2, 0) is 50.6 Å². The summed E-state index contributed by atoms with van der Waals surface area (Å²) >= 11 is 3.29. The average Bonchev–Trinajstić information content (AvgIpc) is 3.50. The zero-order valence-corrected chi connectivity index (χ0v) is 47.5. The third-order valence-electron chi connectivity index (χ3n) is 12.6. The van der Waals surface area contributed by atoms with Crippen LogP contribution >= 0.6 is 38.7 Å². The molecule has 0 aliphatic heterocycles. The van der Waals surface area contributed by atoms with Crippen molar-refractivity contribution in [2.75, 3.05) is 0 Å². The molecule has 0 amide bonds. The Morgan fingerprint density at radius 2 is 0.679 bits per heavy atom. The molecule has 408 valence electrons. The van der Waals surface area contributed by atoms with E-state index in [2.05, 4.69) is 41.9 Å². The minimum absolute atomic E-state index is 0.185. The van der Waals surface area contributed by atoms with Crippen molar-refractivity contribution < 1.29 is 52.2 Å². The molecule has 81 heavy (non-hydrogen) atoms. The van der Waals surface area contributed by atoms with Crippen LogP contribution in [0.1, 0.15) is 33.4 Å². The molecule has 11 rings (SSSR count). The van der Waals surface area contributed by atoms with Crippen molar-refractivity contribution in [2.24, 2.45) is 0 Å². The number of hydrogen-bond donors (Lipinski definition) is 6. The molecule has 0 bridgehead atoms. The zero-order valence-electron chi connectivity index (χ0n) is 43.2. The number of nitrogens with zero attached hydrogens (tertiary/aromatic N) is 8. The quantitative estimate of drug-likeness (QED) is 0.0317. The number of hydrogen-bond acceptors (Lipinski definition) is 9. The molecule has 5 aromatic carbocycles. The van der Waals surface area contributed by atoms with Gasteiger partial charge in [0.1, 0.15) is 0 Å². The Morgan fingerprint density at radius 1 is 0.358 bits per heavy atom. The highest BCUT2D eigenvalue weighted by atomic mass is 79.9. The predicted octanol–water partition coefficient (Wildman–Crippen LogP) is 11.0. The molecule has 6 aromatic heterocycles. The van der Waals surface area contributed by atoms with Crippen molar-refractivity contribution in [2.45, 2.75) is 36.9 Å². The highest BCUT2D eigenvalue weighted by molar-refractivity contribution is 9.08. The van der Waals surface area contributed by atoms with Gasteiger partial charge in [-0.25, -0.2) is 19.1 Å². The van der Waals surface area contributed by atoms with E-state index in [0.717, 1.165) is 88.9 Å². The Morgan fingerprint density at radius 3 is 1.05 bits per heavy atom. The third kappa shape index (κ3) is 17.4. The van der Waals surface area contributed by atoms with E-state index in [1.54, 1.807) is 73.6 Å². The van der Waals surface area contributed by atoms with Crippen LogP contribution in [0, 0.1) is 0 Å². The largest absolute Gasteiger partial charge is 0.329 e. The topological polar surface area (TPSA) is 258 Å². The molecule has 0 aliphatic rings. The number of halogens is 1. The van der Waals surface area contributed by atoms with Gasteiger partial charge in [0.15, 0.2) is 37.9 Å². The molecule has 0 unspecified atom stereocenters. The van der Waals surface area contributed by atoms with Crippen LogP contribution in [0.5, 0.6) is 0 Å². The maximum atomic E-state index is 11.2. The van der Waals surface area contributed by atoms with E-state index >= 15 is 0 Å². The maximum Gasteiger partial charge on any atom is 0.329 e. The summed E-state index contributed by atoms with van der Waals surface area (Å²) in [6.07, 6.45) is 17.9. The monoisotopic (exact) mass is 1200 g/mol. The summed E-state index contributed by atoms with van der Waals surface area (Å²) in [5.74, 6) is 0. The van der Waals surface area contributed by atoms with Gasteiger partial charge in [-0.1, -0.05) is 101 Å². The standard InChI is InChI=1S/C34H30N4O6P2.C18H12N4.C8H10BrO3P/c39-45(40,41)23-27-5-1-25(2-6-27)21-37-15-11-29(12-16-37)31-9-10-32-33(19-31)35-20-34(36-32)30-13-17-38(18-14-30)22-26-3-7-28(8-4-26)24-46(42,43)44;1-2-16-17(11-15(1)13-3-7-19-8-4-13)21-12-18(22-16)14-5-9-20-10-6-14;9-5-7-1-3-8(4-2-7)6-13(10,11)12/h1-20H,21-24H2,(H2-2,39,40,41,42,43,44);1-12H;1-4H,5-6H2,(H2,10,11,12)/p+2. The fraction of sp³-hybridized carbons (Fsp3) is 0.100. The summed E-state index contributed by atoms with van der Waals surface area (Å²) < 4.78 is 37.2. The van der Waals surface area contributed by atoms with Crippen LogP contribution < -0.4 is 9.13 Å². The SMILES string of the molecule is O=P(O)(O)Cc1ccc(CBr)cc1.O=P(O)(O)Cc1ccc(C[n+]2ccc(-c3ccc4nc(-c5cc[n+](Cc6ccc(CP(=O)(O)O)cc6)cc5)cnc4c3)cc2)cc1.c1cc(-c2ccc3nc(-c4ccncc4)cnc3c2)ccn1. The normalized spacial score (nSPS) is 11.6. The van der Waals surface area contributed by atoms with E-state index in [9.17, 15) is 23.5 Å².